The van der Waals surface area contributed by atoms with Crippen molar-refractivity contribution in [2.45, 2.75) is 6.43 Å². The van der Waals surface area contributed by atoms with Crippen LogP contribution in [0.1, 0.15) is 15.9 Å². The van der Waals surface area contributed by atoms with Gasteiger partial charge in [0.1, 0.15) is 0 Å². The van der Waals surface area contributed by atoms with Gasteiger partial charge >= 0.3 is 0 Å². The minimum absolute atomic E-state index is 0.0602. The topological polar surface area (TPSA) is 44.1 Å². The standard InChI is InChI=1S/C12H11ClF2N2O/c13-5-6-17(8-11(14)15)12(18)10-3-1-9(7-16)2-4-10/h1-4,11H,5-6,8H2. The van der Waals surface area contributed by atoms with Crippen LogP contribution >= 0.6 is 11.6 Å². The lowest BCUT2D eigenvalue weighted by Gasteiger charge is -2.21. The molecule has 0 atom stereocenters. The van der Waals surface area contributed by atoms with E-state index in [1.54, 1.807) is 0 Å². The Kier molecular flexibility index (Phi) is 5.53. The Labute approximate surface area is 109 Å². The number of nitriles is 1. The molecule has 0 aromatic heterocycles. The summed E-state index contributed by atoms with van der Waals surface area (Å²) in [5, 5.41) is 8.62. The van der Waals surface area contributed by atoms with Gasteiger partial charge in [-0.3, -0.25) is 4.79 Å². The van der Waals surface area contributed by atoms with Gasteiger partial charge in [0, 0.05) is 18.0 Å². The van der Waals surface area contributed by atoms with Crippen molar-refractivity contribution in [2.75, 3.05) is 19.0 Å². The molecular weight excluding hydrogens is 262 g/mol. The number of rotatable bonds is 5. The van der Waals surface area contributed by atoms with Crippen LogP contribution in [-0.4, -0.2) is 36.2 Å². The molecule has 0 aliphatic rings. The molecule has 0 saturated carbocycles. The fourth-order valence-corrected chi connectivity index (χ4v) is 1.62. The number of hydrogen-bond acceptors (Lipinski definition) is 2. The molecule has 0 aliphatic carbocycles. The summed E-state index contributed by atoms with van der Waals surface area (Å²) in [6.07, 6.45) is -2.60. The molecule has 96 valence electrons. The molecule has 1 aromatic carbocycles. The summed E-state index contributed by atoms with van der Waals surface area (Å²) in [5.74, 6) is -0.421. The van der Waals surface area contributed by atoms with Crippen molar-refractivity contribution in [1.82, 2.24) is 4.90 Å². The molecule has 0 saturated heterocycles. The highest BCUT2D eigenvalue weighted by atomic mass is 35.5. The molecule has 3 nitrogen and oxygen atoms in total. The predicted octanol–water partition coefficient (Wildman–Crippen LogP) is 2.50. The Balaban J connectivity index is 2.84. The predicted molar refractivity (Wildman–Crippen MR) is 63.8 cm³/mol. The van der Waals surface area contributed by atoms with Gasteiger partial charge in [-0.15, -0.1) is 11.6 Å². The third kappa shape index (κ3) is 3.97. The van der Waals surface area contributed by atoms with Crippen LogP contribution in [-0.2, 0) is 0 Å². The van der Waals surface area contributed by atoms with Gasteiger partial charge in [0.15, 0.2) is 0 Å². The van der Waals surface area contributed by atoms with Crippen molar-refractivity contribution in [3.8, 4) is 6.07 Å². The van der Waals surface area contributed by atoms with Gasteiger partial charge in [-0.2, -0.15) is 5.26 Å². The fraction of sp³-hybridized carbons (Fsp3) is 0.333. The van der Waals surface area contributed by atoms with E-state index >= 15 is 0 Å². The maximum atomic E-state index is 12.3. The van der Waals surface area contributed by atoms with Crippen molar-refractivity contribution in [2.24, 2.45) is 0 Å². The van der Waals surface area contributed by atoms with E-state index in [9.17, 15) is 13.6 Å². The Morgan fingerprint density at radius 3 is 2.44 bits per heavy atom. The monoisotopic (exact) mass is 272 g/mol. The van der Waals surface area contributed by atoms with E-state index in [2.05, 4.69) is 0 Å². The first-order chi connectivity index (χ1) is 8.58. The molecule has 1 rings (SSSR count). The van der Waals surface area contributed by atoms with Crippen LogP contribution in [0.25, 0.3) is 0 Å². The lowest BCUT2D eigenvalue weighted by atomic mass is 10.1. The minimum Gasteiger partial charge on any atom is -0.332 e. The Hall–Kier alpha value is -1.67. The zero-order chi connectivity index (χ0) is 13.5. The lowest BCUT2D eigenvalue weighted by Crippen LogP contribution is -2.36. The molecule has 0 bridgehead atoms. The third-order valence-corrected chi connectivity index (χ3v) is 2.43. The quantitative estimate of drug-likeness (QED) is 0.773. The second kappa shape index (κ2) is 6.92. The number of carbonyl (C=O) groups excluding carboxylic acids is 1. The molecule has 0 unspecified atom stereocenters. The average Bonchev–Trinajstić information content (AvgIpc) is 2.37. The molecule has 0 heterocycles. The highest BCUT2D eigenvalue weighted by Crippen LogP contribution is 2.09. The lowest BCUT2D eigenvalue weighted by molar-refractivity contribution is 0.0571. The molecule has 0 aliphatic heterocycles. The number of carbonyl (C=O) groups is 1. The zero-order valence-electron chi connectivity index (χ0n) is 9.44. The van der Waals surface area contributed by atoms with Crippen molar-refractivity contribution in [1.29, 1.82) is 5.26 Å². The number of benzene rings is 1. The second-order valence-electron chi connectivity index (χ2n) is 3.52. The molecule has 0 N–H and O–H groups in total. The molecule has 1 amide bonds. The van der Waals surface area contributed by atoms with Gasteiger partial charge in [0.25, 0.3) is 12.3 Å². The molecular formula is C12H11ClF2N2O. The second-order valence-corrected chi connectivity index (χ2v) is 3.90. The molecule has 0 fully saturated rings. The van der Waals surface area contributed by atoms with E-state index in [0.29, 0.717) is 5.56 Å². The van der Waals surface area contributed by atoms with Crippen LogP contribution in [0.15, 0.2) is 24.3 Å². The van der Waals surface area contributed by atoms with Gasteiger partial charge in [-0.05, 0) is 24.3 Å². The first kappa shape index (κ1) is 14.4. The summed E-state index contributed by atoms with van der Waals surface area (Å²) in [7, 11) is 0. The summed E-state index contributed by atoms with van der Waals surface area (Å²) in [5.41, 5.74) is 0.670. The van der Waals surface area contributed by atoms with Crippen LogP contribution < -0.4 is 0 Å². The van der Waals surface area contributed by atoms with Gasteiger partial charge in [0.2, 0.25) is 0 Å². The van der Waals surface area contributed by atoms with E-state index < -0.39 is 18.9 Å². The number of alkyl halides is 3. The molecule has 0 radical (unpaired) electrons. The Morgan fingerprint density at radius 1 is 1.39 bits per heavy atom. The fourth-order valence-electron chi connectivity index (χ4n) is 1.41. The van der Waals surface area contributed by atoms with Gasteiger partial charge in [-0.25, -0.2) is 8.78 Å². The van der Waals surface area contributed by atoms with Crippen LogP contribution in [0.2, 0.25) is 0 Å². The molecule has 18 heavy (non-hydrogen) atoms. The zero-order valence-corrected chi connectivity index (χ0v) is 10.2. The SMILES string of the molecule is N#Cc1ccc(C(=O)N(CCCl)CC(F)F)cc1. The van der Waals surface area contributed by atoms with Gasteiger partial charge in [0.05, 0.1) is 18.2 Å². The summed E-state index contributed by atoms with van der Waals surface area (Å²) in [6, 6.07) is 7.72. The van der Waals surface area contributed by atoms with E-state index in [1.807, 2.05) is 6.07 Å². The van der Waals surface area contributed by atoms with E-state index in [1.165, 1.54) is 24.3 Å². The normalized spacial score (nSPS) is 10.2. The van der Waals surface area contributed by atoms with Crippen LogP contribution in [0.5, 0.6) is 0 Å². The highest BCUT2D eigenvalue weighted by Gasteiger charge is 2.19. The third-order valence-electron chi connectivity index (χ3n) is 2.26. The van der Waals surface area contributed by atoms with Gasteiger partial charge < -0.3 is 4.90 Å². The molecule has 6 heteroatoms. The largest absolute Gasteiger partial charge is 0.332 e. The summed E-state index contributed by atoms with van der Waals surface area (Å²) >= 11 is 5.48. The minimum atomic E-state index is -2.60. The maximum Gasteiger partial charge on any atom is 0.255 e. The van der Waals surface area contributed by atoms with Crippen molar-refractivity contribution >= 4 is 17.5 Å². The average molecular weight is 273 g/mol. The summed E-state index contributed by atoms with van der Waals surface area (Å²) in [4.78, 5) is 12.9. The smallest absolute Gasteiger partial charge is 0.255 e. The number of nitrogens with zero attached hydrogens (tertiary/aromatic N) is 2. The van der Waals surface area contributed by atoms with Crippen LogP contribution in [0.4, 0.5) is 8.78 Å². The Morgan fingerprint density at radius 2 is 2.00 bits per heavy atom. The van der Waals surface area contributed by atoms with Crippen LogP contribution in [0.3, 0.4) is 0 Å². The first-order valence-corrected chi connectivity index (χ1v) is 5.75. The first-order valence-electron chi connectivity index (χ1n) is 5.22. The maximum absolute atomic E-state index is 12.3. The highest BCUT2D eigenvalue weighted by molar-refractivity contribution is 6.18. The number of halogens is 3. The van der Waals surface area contributed by atoms with Crippen molar-refractivity contribution < 1.29 is 13.6 Å². The van der Waals surface area contributed by atoms with Gasteiger partial charge in [-0.1, -0.05) is 0 Å². The van der Waals surface area contributed by atoms with Crippen LogP contribution in [0, 0.1) is 11.3 Å². The van der Waals surface area contributed by atoms with E-state index in [0.717, 1.165) is 4.90 Å². The van der Waals surface area contributed by atoms with E-state index in [-0.39, 0.29) is 18.0 Å². The number of amides is 1. The summed E-state index contributed by atoms with van der Waals surface area (Å²) in [6.45, 7) is -0.587. The Bertz CT molecular complexity index is 442. The van der Waals surface area contributed by atoms with Crippen molar-refractivity contribution in [3.05, 3.63) is 35.4 Å². The molecule has 0 spiro atoms. The number of hydrogen-bond donors (Lipinski definition) is 0. The summed E-state index contributed by atoms with van der Waals surface area (Å²) < 4.78 is 24.6. The van der Waals surface area contributed by atoms with Crippen molar-refractivity contribution in [3.63, 3.8) is 0 Å². The van der Waals surface area contributed by atoms with E-state index in [4.69, 9.17) is 16.9 Å². The molecule has 1 aromatic rings.